The summed E-state index contributed by atoms with van der Waals surface area (Å²) in [6.07, 6.45) is 1.66. The van der Waals surface area contributed by atoms with Crippen molar-refractivity contribution < 1.29 is 14.6 Å². The maximum absolute atomic E-state index is 10.8. The van der Waals surface area contributed by atoms with Crippen molar-refractivity contribution in [3.8, 4) is 17.0 Å². The van der Waals surface area contributed by atoms with Crippen LogP contribution in [-0.2, 0) is 16.1 Å². The third-order valence-corrected chi connectivity index (χ3v) is 2.49. The molecule has 1 N–H and O–H groups in total. The summed E-state index contributed by atoms with van der Waals surface area (Å²) >= 11 is 0. The lowest BCUT2D eigenvalue weighted by Gasteiger charge is -2.09. The molecule has 0 amide bonds. The minimum absolute atomic E-state index is 0.0574. The molecule has 0 fully saturated rings. The second kappa shape index (κ2) is 5.31. The van der Waals surface area contributed by atoms with Crippen LogP contribution < -0.4 is 0 Å². The number of ether oxygens (including phenoxy) is 1. The van der Waals surface area contributed by atoms with Gasteiger partial charge in [0.15, 0.2) is 0 Å². The third kappa shape index (κ3) is 2.66. The Kier molecular flexibility index (Phi) is 3.57. The SMILES string of the molecule is CC(=O)OCc1cccc(-c2ccccn2)c1O. The Morgan fingerprint density at radius 3 is 2.78 bits per heavy atom. The molecule has 0 aliphatic carbocycles. The lowest BCUT2D eigenvalue weighted by atomic mass is 10.1. The highest BCUT2D eigenvalue weighted by Gasteiger charge is 2.10. The first-order valence-corrected chi connectivity index (χ1v) is 5.54. The fourth-order valence-corrected chi connectivity index (χ4v) is 1.62. The Morgan fingerprint density at radius 2 is 2.11 bits per heavy atom. The fraction of sp³-hybridized carbons (Fsp3) is 0.143. The first-order valence-electron chi connectivity index (χ1n) is 5.54. The van der Waals surface area contributed by atoms with E-state index in [2.05, 4.69) is 4.98 Å². The Balaban J connectivity index is 2.33. The summed E-state index contributed by atoms with van der Waals surface area (Å²) in [5, 5.41) is 10.1. The molecule has 0 saturated carbocycles. The van der Waals surface area contributed by atoms with Gasteiger partial charge in [-0.25, -0.2) is 0 Å². The van der Waals surface area contributed by atoms with Crippen LogP contribution in [-0.4, -0.2) is 16.1 Å². The molecular formula is C14H13NO3. The third-order valence-electron chi connectivity index (χ3n) is 2.49. The summed E-state index contributed by atoms with van der Waals surface area (Å²) < 4.78 is 4.88. The quantitative estimate of drug-likeness (QED) is 0.841. The van der Waals surface area contributed by atoms with Crippen molar-refractivity contribution in [2.75, 3.05) is 0 Å². The van der Waals surface area contributed by atoms with Gasteiger partial charge in [-0.2, -0.15) is 0 Å². The van der Waals surface area contributed by atoms with E-state index in [4.69, 9.17) is 4.74 Å². The van der Waals surface area contributed by atoms with E-state index in [0.717, 1.165) is 0 Å². The van der Waals surface area contributed by atoms with Crippen LogP contribution in [0.25, 0.3) is 11.3 Å². The fourth-order valence-electron chi connectivity index (χ4n) is 1.62. The van der Waals surface area contributed by atoms with Crippen LogP contribution in [0.4, 0.5) is 0 Å². The minimum Gasteiger partial charge on any atom is -0.507 e. The van der Waals surface area contributed by atoms with E-state index in [1.54, 1.807) is 24.4 Å². The number of carbonyl (C=O) groups is 1. The average molecular weight is 243 g/mol. The number of phenolic OH excluding ortho intramolecular Hbond substituents is 1. The van der Waals surface area contributed by atoms with Gasteiger partial charge in [-0.15, -0.1) is 0 Å². The highest BCUT2D eigenvalue weighted by atomic mass is 16.5. The van der Waals surface area contributed by atoms with Crippen LogP contribution in [0.5, 0.6) is 5.75 Å². The standard InChI is InChI=1S/C14H13NO3/c1-10(16)18-9-11-5-4-6-12(14(11)17)13-7-2-3-8-15-13/h2-8,17H,9H2,1H3. The Morgan fingerprint density at radius 1 is 1.28 bits per heavy atom. The van der Waals surface area contributed by atoms with E-state index in [9.17, 15) is 9.90 Å². The highest BCUT2D eigenvalue weighted by Crippen LogP contribution is 2.31. The number of esters is 1. The van der Waals surface area contributed by atoms with Crippen molar-refractivity contribution in [2.45, 2.75) is 13.5 Å². The summed E-state index contributed by atoms with van der Waals surface area (Å²) in [7, 11) is 0. The second-order valence-electron chi connectivity index (χ2n) is 3.81. The van der Waals surface area contributed by atoms with E-state index in [-0.39, 0.29) is 18.3 Å². The number of pyridine rings is 1. The van der Waals surface area contributed by atoms with Crippen LogP contribution in [0, 0.1) is 0 Å². The van der Waals surface area contributed by atoms with Crippen molar-refractivity contribution in [3.05, 3.63) is 48.2 Å². The number of hydrogen-bond acceptors (Lipinski definition) is 4. The maximum Gasteiger partial charge on any atom is 0.302 e. The van der Waals surface area contributed by atoms with Crippen LogP contribution in [0.15, 0.2) is 42.6 Å². The number of carbonyl (C=O) groups excluding carboxylic acids is 1. The number of aromatic nitrogens is 1. The molecule has 4 heteroatoms. The molecule has 0 atom stereocenters. The van der Waals surface area contributed by atoms with Crippen LogP contribution in [0.2, 0.25) is 0 Å². The predicted octanol–water partition coefficient (Wildman–Crippen LogP) is 2.52. The molecule has 1 aromatic heterocycles. The molecule has 1 aromatic carbocycles. The molecule has 0 spiro atoms. The largest absolute Gasteiger partial charge is 0.507 e. The molecule has 92 valence electrons. The molecule has 4 nitrogen and oxygen atoms in total. The average Bonchev–Trinajstić information content (AvgIpc) is 2.38. The minimum atomic E-state index is -0.377. The molecule has 0 unspecified atom stereocenters. The first-order chi connectivity index (χ1) is 8.68. The van der Waals surface area contributed by atoms with Gasteiger partial charge in [0.1, 0.15) is 12.4 Å². The van der Waals surface area contributed by atoms with Gasteiger partial charge in [0.05, 0.1) is 5.69 Å². The molecule has 0 aliphatic heterocycles. The van der Waals surface area contributed by atoms with E-state index < -0.39 is 0 Å². The summed E-state index contributed by atoms with van der Waals surface area (Å²) in [5.74, 6) is -0.282. The summed E-state index contributed by atoms with van der Waals surface area (Å²) in [6, 6.07) is 10.7. The van der Waals surface area contributed by atoms with Gasteiger partial charge in [-0.1, -0.05) is 18.2 Å². The smallest absolute Gasteiger partial charge is 0.302 e. The van der Waals surface area contributed by atoms with E-state index >= 15 is 0 Å². The number of aromatic hydroxyl groups is 1. The number of hydrogen-bond donors (Lipinski definition) is 1. The van der Waals surface area contributed by atoms with Gasteiger partial charge >= 0.3 is 5.97 Å². The zero-order valence-corrected chi connectivity index (χ0v) is 9.96. The highest BCUT2D eigenvalue weighted by molar-refractivity contribution is 5.69. The molecule has 2 rings (SSSR count). The lowest BCUT2D eigenvalue weighted by Crippen LogP contribution is -1.99. The van der Waals surface area contributed by atoms with Gasteiger partial charge in [0.2, 0.25) is 0 Å². The Bertz CT molecular complexity index is 552. The molecular weight excluding hydrogens is 230 g/mol. The van der Waals surface area contributed by atoms with Crippen molar-refractivity contribution in [1.82, 2.24) is 4.98 Å². The van der Waals surface area contributed by atoms with Crippen LogP contribution in [0.3, 0.4) is 0 Å². The monoisotopic (exact) mass is 243 g/mol. The summed E-state index contributed by atoms with van der Waals surface area (Å²) in [6.45, 7) is 1.39. The summed E-state index contributed by atoms with van der Waals surface area (Å²) in [4.78, 5) is 14.9. The van der Waals surface area contributed by atoms with Gasteiger partial charge in [0, 0.05) is 24.2 Å². The van der Waals surface area contributed by atoms with Gasteiger partial charge in [-0.3, -0.25) is 9.78 Å². The van der Waals surface area contributed by atoms with Crippen molar-refractivity contribution in [3.63, 3.8) is 0 Å². The number of nitrogens with zero attached hydrogens (tertiary/aromatic N) is 1. The molecule has 0 aliphatic rings. The van der Waals surface area contributed by atoms with Crippen molar-refractivity contribution in [2.24, 2.45) is 0 Å². The number of phenols is 1. The van der Waals surface area contributed by atoms with Gasteiger partial charge in [-0.05, 0) is 18.2 Å². The molecule has 0 radical (unpaired) electrons. The first kappa shape index (κ1) is 12.1. The number of rotatable bonds is 3. The lowest BCUT2D eigenvalue weighted by molar-refractivity contribution is -0.142. The van der Waals surface area contributed by atoms with Crippen LogP contribution in [0.1, 0.15) is 12.5 Å². The summed E-state index contributed by atoms with van der Waals surface area (Å²) in [5.41, 5.74) is 1.87. The maximum atomic E-state index is 10.8. The van der Waals surface area contributed by atoms with Crippen LogP contribution >= 0.6 is 0 Å². The second-order valence-corrected chi connectivity index (χ2v) is 3.81. The Hall–Kier alpha value is -2.36. The topological polar surface area (TPSA) is 59.4 Å². The number of para-hydroxylation sites is 1. The van der Waals surface area contributed by atoms with E-state index in [0.29, 0.717) is 16.8 Å². The van der Waals surface area contributed by atoms with Gasteiger partial charge in [0.25, 0.3) is 0 Å². The molecule has 2 aromatic rings. The van der Waals surface area contributed by atoms with Crippen molar-refractivity contribution >= 4 is 5.97 Å². The predicted molar refractivity (Wildman–Crippen MR) is 66.8 cm³/mol. The van der Waals surface area contributed by atoms with E-state index in [1.165, 1.54) is 6.92 Å². The number of benzene rings is 1. The molecule has 1 heterocycles. The Labute approximate surface area is 105 Å². The molecule has 0 bridgehead atoms. The normalized spacial score (nSPS) is 10.1. The zero-order chi connectivity index (χ0) is 13.0. The van der Waals surface area contributed by atoms with E-state index in [1.807, 2.05) is 18.2 Å². The van der Waals surface area contributed by atoms with Gasteiger partial charge < -0.3 is 9.84 Å². The molecule has 0 saturated heterocycles. The molecule has 18 heavy (non-hydrogen) atoms. The van der Waals surface area contributed by atoms with Crippen molar-refractivity contribution in [1.29, 1.82) is 0 Å². The zero-order valence-electron chi connectivity index (χ0n) is 9.96.